The van der Waals surface area contributed by atoms with Crippen LogP contribution in [0, 0.1) is 0 Å². The van der Waals surface area contributed by atoms with E-state index in [2.05, 4.69) is 0 Å². The van der Waals surface area contributed by atoms with Gasteiger partial charge in [-0.1, -0.05) is 72.8 Å². The number of para-hydroxylation sites is 4. The third-order valence-electron chi connectivity index (χ3n) is 6.01. The summed E-state index contributed by atoms with van der Waals surface area (Å²) in [7, 11) is 0. The van der Waals surface area contributed by atoms with Gasteiger partial charge in [-0.3, -0.25) is 0 Å². The van der Waals surface area contributed by atoms with E-state index in [1.54, 1.807) is 0 Å². The van der Waals surface area contributed by atoms with E-state index in [9.17, 15) is 0 Å². The van der Waals surface area contributed by atoms with Crippen molar-refractivity contribution in [2.75, 3.05) is 0 Å². The van der Waals surface area contributed by atoms with E-state index >= 15 is 0 Å². The predicted octanol–water partition coefficient (Wildman–Crippen LogP) is 10.5. The van der Waals surface area contributed by atoms with Gasteiger partial charge in [0, 0.05) is 12.1 Å². The second kappa shape index (κ2) is 11.9. The maximum absolute atomic E-state index is 6.23. The number of ether oxygens (including phenoxy) is 4. The van der Waals surface area contributed by atoms with Crippen LogP contribution in [-0.2, 0) is 0 Å². The van der Waals surface area contributed by atoms with Crippen molar-refractivity contribution in [3.63, 3.8) is 0 Å². The fraction of sp³-hybridized carbons (Fsp3) is 0. The monoisotopic (exact) mass is 522 g/mol. The van der Waals surface area contributed by atoms with Gasteiger partial charge in [-0.25, -0.2) is 0 Å². The summed E-state index contributed by atoms with van der Waals surface area (Å²) in [4.78, 5) is 0. The second-order valence-electron chi connectivity index (χ2n) is 9.05. The Labute approximate surface area is 233 Å². The van der Waals surface area contributed by atoms with Crippen molar-refractivity contribution in [3.8, 4) is 57.1 Å². The number of hydrogen-bond acceptors (Lipinski definition) is 4. The summed E-state index contributed by atoms with van der Waals surface area (Å²) in [6, 6.07) is 50.5. The van der Waals surface area contributed by atoms with Gasteiger partial charge < -0.3 is 18.9 Å². The molecule has 0 aromatic heterocycles. The van der Waals surface area contributed by atoms with Crippen LogP contribution in [0.3, 0.4) is 0 Å². The van der Waals surface area contributed by atoms with Crippen molar-refractivity contribution >= 4 is 0 Å². The molecule has 0 saturated carbocycles. The van der Waals surface area contributed by atoms with E-state index in [0.717, 1.165) is 34.1 Å². The smallest absolute Gasteiger partial charge is 0.131 e. The first kappa shape index (κ1) is 24.8. The second-order valence-corrected chi connectivity index (χ2v) is 9.05. The van der Waals surface area contributed by atoms with Crippen LogP contribution in [0.15, 0.2) is 158 Å². The summed E-state index contributed by atoms with van der Waals surface area (Å²) in [6.07, 6.45) is 0. The third kappa shape index (κ3) is 6.50. The first-order valence-electron chi connectivity index (χ1n) is 13.0. The largest absolute Gasteiger partial charge is 0.457 e. The van der Waals surface area contributed by atoms with Crippen LogP contribution in [-0.4, -0.2) is 0 Å². The summed E-state index contributed by atoms with van der Waals surface area (Å²) in [6.45, 7) is 0. The molecule has 0 heterocycles. The van der Waals surface area contributed by atoms with Gasteiger partial charge in [0.2, 0.25) is 0 Å². The molecule has 0 fully saturated rings. The van der Waals surface area contributed by atoms with Gasteiger partial charge in [0.05, 0.1) is 0 Å². The lowest BCUT2D eigenvalue weighted by atomic mass is 10.0. The van der Waals surface area contributed by atoms with Crippen molar-refractivity contribution in [3.05, 3.63) is 158 Å². The van der Waals surface area contributed by atoms with E-state index in [1.807, 2.05) is 158 Å². The lowest BCUT2D eigenvalue weighted by Gasteiger charge is -2.15. The van der Waals surface area contributed by atoms with Crippen LogP contribution >= 0.6 is 0 Å². The standard InChI is InChI=1S/C36H26O4/c1-5-13-29(14-6-1)37-33-21-27(22-34(25-33)38-30-15-7-2-8-16-30)28-23-35(39-31-17-9-3-10-18-31)26-36(24-28)40-32-19-11-4-12-20-32/h1-26H. The van der Waals surface area contributed by atoms with E-state index in [1.165, 1.54) is 0 Å². The van der Waals surface area contributed by atoms with Crippen molar-refractivity contribution in [2.45, 2.75) is 0 Å². The molecule has 0 aliphatic rings. The lowest BCUT2D eigenvalue weighted by molar-refractivity contribution is 0.458. The van der Waals surface area contributed by atoms with Crippen LogP contribution in [0.5, 0.6) is 46.0 Å². The zero-order valence-corrected chi connectivity index (χ0v) is 21.6. The fourth-order valence-corrected chi connectivity index (χ4v) is 4.21. The Balaban J connectivity index is 1.42. The molecule has 6 aromatic rings. The molecule has 0 N–H and O–H groups in total. The number of hydrogen-bond donors (Lipinski definition) is 0. The van der Waals surface area contributed by atoms with Crippen molar-refractivity contribution in [1.29, 1.82) is 0 Å². The van der Waals surface area contributed by atoms with Gasteiger partial charge in [-0.05, 0) is 83.9 Å². The van der Waals surface area contributed by atoms with Gasteiger partial charge >= 0.3 is 0 Å². The molecular formula is C36H26O4. The molecule has 0 aliphatic heterocycles. The first-order chi connectivity index (χ1) is 19.8. The molecule has 194 valence electrons. The predicted molar refractivity (Wildman–Crippen MR) is 158 cm³/mol. The van der Waals surface area contributed by atoms with E-state index in [4.69, 9.17) is 18.9 Å². The Morgan fingerprint density at radius 3 is 0.675 bits per heavy atom. The summed E-state index contributed by atoms with van der Waals surface area (Å²) in [5.41, 5.74) is 1.77. The summed E-state index contributed by atoms with van der Waals surface area (Å²) >= 11 is 0. The Morgan fingerprint density at radius 1 is 0.225 bits per heavy atom. The minimum absolute atomic E-state index is 0.648. The molecule has 6 aromatic carbocycles. The summed E-state index contributed by atoms with van der Waals surface area (Å²) in [5.74, 6) is 5.53. The van der Waals surface area contributed by atoms with Gasteiger partial charge in [0.1, 0.15) is 46.0 Å². The SMILES string of the molecule is c1ccc(Oc2cc(Oc3ccccc3)cc(-c3cc(Oc4ccccc4)cc(Oc4ccccc4)c3)c2)cc1. The average Bonchev–Trinajstić information content (AvgIpc) is 2.99. The molecule has 40 heavy (non-hydrogen) atoms. The molecule has 0 aliphatic carbocycles. The molecule has 6 rings (SSSR count). The molecule has 0 radical (unpaired) electrons. The molecular weight excluding hydrogens is 496 g/mol. The van der Waals surface area contributed by atoms with Crippen LogP contribution in [0.2, 0.25) is 0 Å². The molecule has 0 bridgehead atoms. The average molecular weight is 523 g/mol. The maximum atomic E-state index is 6.23. The maximum Gasteiger partial charge on any atom is 0.131 e. The Kier molecular flexibility index (Phi) is 7.40. The molecule has 0 saturated heterocycles. The fourth-order valence-electron chi connectivity index (χ4n) is 4.21. The van der Waals surface area contributed by atoms with E-state index in [0.29, 0.717) is 23.0 Å². The van der Waals surface area contributed by atoms with Crippen LogP contribution in [0.1, 0.15) is 0 Å². The van der Waals surface area contributed by atoms with Crippen molar-refractivity contribution < 1.29 is 18.9 Å². The molecule has 0 unspecified atom stereocenters. The zero-order valence-electron chi connectivity index (χ0n) is 21.6. The normalized spacial score (nSPS) is 10.5. The number of benzene rings is 6. The quantitative estimate of drug-likeness (QED) is 0.189. The zero-order chi connectivity index (χ0) is 27.0. The van der Waals surface area contributed by atoms with Crippen molar-refractivity contribution in [1.82, 2.24) is 0 Å². The summed E-state index contributed by atoms with van der Waals surface area (Å²) < 4.78 is 24.9. The summed E-state index contributed by atoms with van der Waals surface area (Å²) in [5, 5.41) is 0. The highest BCUT2D eigenvalue weighted by Gasteiger charge is 2.12. The first-order valence-corrected chi connectivity index (χ1v) is 13.0. The highest BCUT2D eigenvalue weighted by atomic mass is 16.5. The Hall–Kier alpha value is -5.48. The van der Waals surface area contributed by atoms with Gasteiger partial charge in [-0.2, -0.15) is 0 Å². The minimum atomic E-state index is 0.648. The highest BCUT2D eigenvalue weighted by molar-refractivity contribution is 5.71. The minimum Gasteiger partial charge on any atom is -0.457 e. The Morgan fingerprint density at radius 2 is 0.450 bits per heavy atom. The van der Waals surface area contributed by atoms with Gasteiger partial charge in [0.25, 0.3) is 0 Å². The van der Waals surface area contributed by atoms with Gasteiger partial charge in [-0.15, -0.1) is 0 Å². The molecule has 0 spiro atoms. The van der Waals surface area contributed by atoms with Gasteiger partial charge in [0.15, 0.2) is 0 Å². The third-order valence-corrected chi connectivity index (χ3v) is 6.01. The topological polar surface area (TPSA) is 36.9 Å². The Bertz CT molecular complexity index is 1420. The molecule has 4 nitrogen and oxygen atoms in total. The van der Waals surface area contributed by atoms with Crippen molar-refractivity contribution in [2.24, 2.45) is 0 Å². The van der Waals surface area contributed by atoms with Crippen LogP contribution in [0.25, 0.3) is 11.1 Å². The van der Waals surface area contributed by atoms with E-state index < -0.39 is 0 Å². The lowest BCUT2D eigenvalue weighted by Crippen LogP contribution is -1.92. The molecule has 0 atom stereocenters. The molecule has 4 heteroatoms. The molecule has 0 amide bonds. The number of rotatable bonds is 9. The van der Waals surface area contributed by atoms with Crippen LogP contribution < -0.4 is 18.9 Å². The van der Waals surface area contributed by atoms with Crippen LogP contribution in [0.4, 0.5) is 0 Å². The highest BCUT2D eigenvalue weighted by Crippen LogP contribution is 2.39. The van der Waals surface area contributed by atoms with E-state index in [-0.39, 0.29) is 0 Å².